The highest BCUT2D eigenvalue weighted by Crippen LogP contribution is 2.16. The first-order valence-electron chi connectivity index (χ1n) is 6.17. The fourth-order valence-electron chi connectivity index (χ4n) is 2.26. The number of likely N-dealkylation sites (tertiary alicyclic amines) is 1. The number of aryl methyl sites for hydroxylation is 1. The predicted octanol–water partition coefficient (Wildman–Crippen LogP) is 2.63. The van der Waals surface area contributed by atoms with Crippen LogP contribution in [0.15, 0.2) is 24.3 Å². The van der Waals surface area contributed by atoms with Crippen molar-refractivity contribution in [3.8, 4) is 0 Å². The summed E-state index contributed by atoms with van der Waals surface area (Å²) in [4.78, 5) is 13.8. The third-order valence-electron chi connectivity index (χ3n) is 3.29. The molecule has 1 aromatic rings. The van der Waals surface area contributed by atoms with E-state index in [-0.39, 0.29) is 11.7 Å². The summed E-state index contributed by atoms with van der Waals surface area (Å²) in [5.74, 6) is 0.580. The Balaban J connectivity index is 1.84. The molecule has 0 aromatic heterocycles. The number of amides is 1. The van der Waals surface area contributed by atoms with Gasteiger partial charge in [0, 0.05) is 19.5 Å². The van der Waals surface area contributed by atoms with Crippen LogP contribution in [0.4, 0.5) is 4.39 Å². The summed E-state index contributed by atoms with van der Waals surface area (Å²) in [7, 11) is 0. The van der Waals surface area contributed by atoms with Crippen molar-refractivity contribution in [1.82, 2.24) is 4.90 Å². The van der Waals surface area contributed by atoms with E-state index < -0.39 is 0 Å². The van der Waals surface area contributed by atoms with Crippen LogP contribution in [0.3, 0.4) is 0 Å². The van der Waals surface area contributed by atoms with Gasteiger partial charge in [-0.2, -0.15) is 0 Å². The molecule has 0 aliphatic carbocycles. The molecule has 0 spiro atoms. The largest absolute Gasteiger partial charge is 0.342 e. The van der Waals surface area contributed by atoms with Gasteiger partial charge in [0.15, 0.2) is 0 Å². The average molecular weight is 235 g/mol. The average Bonchev–Trinajstić information content (AvgIpc) is 2.73. The Kier molecular flexibility index (Phi) is 3.77. The van der Waals surface area contributed by atoms with Crippen molar-refractivity contribution in [2.45, 2.75) is 26.2 Å². The normalized spacial score (nSPS) is 19.6. The lowest BCUT2D eigenvalue weighted by Crippen LogP contribution is -2.28. The number of benzene rings is 1. The lowest BCUT2D eigenvalue weighted by atomic mass is 10.1. The molecule has 2 rings (SSSR count). The number of hydrogen-bond donors (Lipinski definition) is 0. The second-order valence-electron chi connectivity index (χ2n) is 4.86. The minimum atomic E-state index is -0.232. The molecule has 1 aromatic carbocycles. The van der Waals surface area contributed by atoms with Crippen LogP contribution in [-0.2, 0) is 11.2 Å². The van der Waals surface area contributed by atoms with E-state index in [0.29, 0.717) is 18.8 Å². The monoisotopic (exact) mass is 235 g/mol. The maximum absolute atomic E-state index is 12.9. The van der Waals surface area contributed by atoms with Gasteiger partial charge >= 0.3 is 0 Å². The maximum atomic E-state index is 12.9. The van der Waals surface area contributed by atoms with E-state index >= 15 is 0 Å². The Labute approximate surface area is 101 Å². The molecule has 1 unspecified atom stereocenters. The van der Waals surface area contributed by atoms with Crippen molar-refractivity contribution in [2.24, 2.45) is 5.92 Å². The minimum Gasteiger partial charge on any atom is -0.342 e. The number of hydrogen-bond acceptors (Lipinski definition) is 1. The Hall–Kier alpha value is -1.38. The smallest absolute Gasteiger partial charge is 0.222 e. The van der Waals surface area contributed by atoms with E-state index in [4.69, 9.17) is 0 Å². The number of rotatable bonds is 3. The SMILES string of the molecule is CC1CCN(C(=O)CCc2cccc(F)c2)C1. The first-order chi connectivity index (χ1) is 8.15. The molecule has 0 N–H and O–H groups in total. The van der Waals surface area contributed by atoms with E-state index in [1.807, 2.05) is 11.0 Å². The van der Waals surface area contributed by atoms with Crippen molar-refractivity contribution in [1.29, 1.82) is 0 Å². The molecular formula is C14H18FNO. The molecule has 0 bridgehead atoms. The van der Waals surface area contributed by atoms with Gasteiger partial charge in [0.25, 0.3) is 0 Å². The molecular weight excluding hydrogens is 217 g/mol. The summed E-state index contributed by atoms with van der Waals surface area (Å²) >= 11 is 0. The van der Waals surface area contributed by atoms with Crippen LogP contribution < -0.4 is 0 Å². The first-order valence-corrected chi connectivity index (χ1v) is 6.17. The van der Waals surface area contributed by atoms with Crippen LogP contribution in [0, 0.1) is 11.7 Å². The fourth-order valence-corrected chi connectivity index (χ4v) is 2.26. The number of halogens is 1. The van der Waals surface area contributed by atoms with Gasteiger partial charge in [0.05, 0.1) is 0 Å². The zero-order valence-electron chi connectivity index (χ0n) is 10.2. The summed E-state index contributed by atoms with van der Waals surface area (Å²) < 4.78 is 12.9. The molecule has 1 aliphatic heterocycles. The molecule has 2 nitrogen and oxygen atoms in total. The molecule has 1 atom stereocenters. The van der Waals surface area contributed by atoms with E-state index in [2.05, 4.69) is 6.92 Å². The van der Waals surface area contributed by atoms with E-state index in [9.17, 15) is 9.18 Å². The van der Waals surface area contributed by atoms with Crippen molar-refractivity contribution in [3.63, 3.8) is 0 Å². The van der Waals surface area contributed by atoms with Gasteiger partial charge in [-0.15, -0.1) is 0 Å². The van der Waals surface area contributed by atoms with Crippen LogP contribution in [0.25, 0.3) is 0 Å². The molecule has 1 heterocycles. The van der Waals surface area contributed by atoms with Gasteiger partial charge < -0.3 is 4.90 Å². The Morgan fingerprint density at radius 1 is 1.53 bits per heavy atom. The van der Waals surface area contributed by atoms with Gasteiger partial charge in [-0.3, -0.25) is 4.79 Å². The number of carbonyl (C=O) groups excluding carboxylic acids is 1. The number of carbonyl (C=O) groups is 1. The van der Waals surface area contributed by atoms with Crippen LogP contribution in [0.1, 0.15) is 25.3 Å². The molecule has 1 saturated heterocycles. The Morgan fingerprint density at radius 3 is 3.00 bits per heavy atom. The van der Waals surface area contributed by atoms with E-state index in [0.717, 1.165) is 25.1 Å². The zero-order valence-corrected chi connectivity index (χ0v) is 10.2. The molecule has 92 valence electrons. The highest BCUT2D eigenvalue weighted by molar-refractivity contribution is 5.76. The van der Waals surface area contributed by atoms with Crippen LogP contribution >= 0.6 is 0 Å². The van der Waals surface area contributed by atoms with Gasteiger partial charge in [0.1, 0.15) is 5.82 Å². The van der Waals surface area contributed by atoms with E-state index in [1.54, 1.807) is 6.07 Å². The van der Waals surface area contributed by atoms with Gasteiger partial charge in [-0.25, -0.2) is 4.39 Å². The Morgan fingerprint density at radius 2 is 2.35 bits per heavy atom. The van der Waals surface area contributed by atoms with Crippen molar-refractivity contribution in [3.05, 3.63) is 35.6 Å². The summed E-state index contributed by atoms with van der Waals surface area (Å²) in [6, 6.07) is 6.48. The fraction of sp³-hybridized carbons (Fsp3) is 0.500. The molecule has 1 amide bonds. The molecule has 0 saturated carbocycles. The first kappa shape index (κ1) is 12.1. The Bertz CT molecular complexity index is 405. The maximum Gasteiger partial charge on any atom is 0.222 e. The molecule has 0 radical (unpaired) electrons. The number of nitrogens with zero attached hydrogens (tertiary/aromatic N) is 1. The lowest BCUT2D eigenvalue weighted by molar-refractivity contribution is -0.130. The highest BCUT2D eigenvalue weighted by Gasteiger charge is 2.22. The highest BCUT2D eigenvalue weighted by atomic mass is 19.1. The van der Waals surface area contributed by atoms with Crippen LogP contribution in [-0.4, -0.2) is 23.9 Å². The summed E-state index contributed by atoms with van der Waals surface area (Å²) in [6.45, 7) is 3.92. The van der Waals surface area contributed by atoms with Gasteiger partial charge in [-0.05, 0) is 36.5 Å². The third-order valence-corrected chi connectivity index (χ3v) is 3.29. The van der Waals surface area contributed by atoms with Crippen molar-refractivity contribution < 1.29 is 9.18 Å². The third kappa shape index (κ3) is 3.29. The lowest BCUT2D eigenvalue weighted by Gasteiger charge is -2.15. The standard InChI is InChI=1S/C14H18FNO/c1-11-7-8-16(10-11)14(17)6-5-12-3-2-4-13(15)9-12/h2-4,9,11H,5-8,10H2,1H3. The van der Waals surface area contributed by atoms with Gasteiger partial charge in [-0.1, -0.05) is 19.1 Å². The molecule has 3 heteroatoms. The van der Waals surface area contributed by atoms with Crippen LogP contribution in [0.5, 0.6) is 0 Å². The quantitative estimate of drug-likeness (QED) is 0.788. The van der Waals surface area contributed by atoms with Gasteiger partial charge in [0.2, 0.25) is 5.91 Å². The second-order valence-corrected chi connectivity index (χ2v) is 4.86. The van der Waals surface area contributed by atoms with E-state index in [1.165, 1.54) is 12.1 Å². The summed E-state index contributed by atoms with van der Waals surface area (Å²) in [6.07, 6.45) is 2.21. The topological polar surface area (TPSA) is 20.3 Å². The molecule has 17 heavy (non-hydrogen) atoms. The molecule has 1 fully saturated rings. The second kappa shape index (κ2) is 5.30. The van der Waals surface area contributed by atoms with Crippen molar-refractivity contribution >= 4 is 5.91 Å². The summed E-state index contributed by atoms with van der Waals surface area (Å²) in [5, 5.41) is 0. The minimum absolute atomic E-state index is 0.193. The predicted molar refractivity (Wildman–Crippen MR) is 65.1 cm³/mol. The zero-order chi connectivity index (χ0) is 12.3. The molecule has 1 aliphatic rings. The van der Waals surface area contributed by atoms with Crippen molar-refractivity contribution in [2.75, 3.05) is 13.1 Å². The van der Waals surface area contributed by atoms with Crippen LogP contribution in [0.2, 0.25) is 0 Å². The summed E-state index contributed by atoms with van der Waals surface area (Å²) in [5.41, 5.74) is 0.894.